The van der Waals surface area contributed by atoms with Gasteiger partial charge in [0.2, 0.25) is 0 Å². The van der Waals surface area contributed by atoms with Crippen LogP contribution in [-0.2, 0) is 16.1 Å². The summed E-state index contributed by atoms with van der Waals surface area (Å²) in [6.45, 7) is 5.53. The van der Waals surface area contributed by atoms with Gasteiger partial charge in [0.05, 0.1) is 34.6 Å². The van der Waals surface area contributed by atoms with Crippen LogP contribution in [0.5, 0.6) is 0 Å². The Morgan fingerprint density at radius 3 is 2.54 bits per heavy atom. The molecule has 1 heterocycles. The third-order valence-electron chi connectivity index (χ3n) is 3.39. The highest BCUT2D eigenvalue weighted by atomic mass is 35.5. The number of methoxy groups -OCH3 is 1. The van der Waals surface area contributed by atoms with Crippen LogP contribution in [0.1, 0.15) is 31.9 Å². The molecule has 26 heavy (non-hydrogen) atoms. The predicted molar refractivity (Wildman–Crippen MR) is 114 cm³/mol. The average Bonchev–Trinajstić information content (AvgIpc) is 2.60. The largest absolute Gasteiger partial charge is 0.591 e. The van der Waals surface area contributed by atoms with E-state index in [1.54, 1.807) is 30.5 Å². The lowest BCUT2D eigenvalue weighted by molar-refractivity contribution is 0.416. The fourth-order valence-corrected chi connectivity index (χ4v) is 3.21. The molecule has 1 unspecified atom stereocenters. The first kappa shape index (κ1) is 21.1. The molecule has 0 spiro atoms. The van der Waals surface area contributed by atoms with Crippen LogP contribution in [0.15, 0.2) is 34.9 Å². The number of nitrogens with zero attached hydrogens (tertiary/aromatic N) is 2. The van der Waals surface area contributed by atoms with E-state index in [1.165, 1.54) is 13.3 Å². The van der Waals surface area contributed by atoms with Gasteiger partial charge in [0.15, 0.2) is 5.05 Å². The van der Waals surface area contributed by atoms with Crippen molar-refractivity contribution in [1.29, 1.82) is 0 Å². The minimum Gasteiger partial charge on any atom is -0.591 e. The van der Waals surface area contributed by atoms with E-state index in [0.717, 1.165) is 0 Å². The van der Waals surface area contributed by atoms with Gasteiger partial charge in [-0.2, -0.15) is 0 Å². The normalized spacial score (nSPS) is 13.0. The van der Waals surface area contributed by atoms with Gasteiger partial charge in [-0.1, -0.05) is 27.6 Å². The standard InChI is InChI=1S/C18H18Cl2N2O2S2/c1-18(2,3)26(23)22-10-12-13(19)7-8-14(20)15(12)16-11(17(25)24-4)6-5-9-21-16/h5-10H,1-4H3/b22-10+. The number of benzene rings is 1. The van der Waals surface area contributed by atoms with Gasteiger partial charge in [0.25, 0.3) is 0 Å². The van der Waals surface area contributed by atoms with Gasteiger partial charge >= 0.3 is 0 Å². The Labute approximate surface area is 171 Å². The minimum absolute atomic E-state index is 0.283. The Hall–Kier alpha value is -1.18. The summed E-state index contributed by atoms with van der Waals surface area (Å²) in [6, 6.07) is 6.88. The first-order valence-corrected chi connectivity index (χ1v) is 9.91. The lowest BCUT2D eigenvalue weighted by Gasteiger charge is -2.18. The van der Waals surface area contributed by atoms with Crippen molar-refractivity contribution < 1.29 is 9.29 Å². The van der Waals surface area contributed by atoms with Crippen molar-refractivity contribution in [3.8, 4) is 11.3 Å². The van der Waals surface area contributed by atoms with E-state index in [2.05, 4.69) is 9.38 Å². The molecule has 0 N–H and O–H groups in total. The van der Waals surface area contributed by atoms with Gasteiger partial charge in [-0.15, -0.1) is 0 Å². The predicted octanol–water partition coefficient (Wildman–Crippen LogP) is 5.26. The molecular formula is C18H18Cl2N2O2S2. The third kappa shape index (κ3) is 4.75. The maximum atomic E-state index is 12.3. The third-order valence-corrected chi connectivity index (χ3v) is 5.77. The van der Waals surface area contributed by atoms with Crippen molar-refractivity contribution >= 4 is 58.0 Å². The average molecular weight is 429 g/mol. The Morgan fingerprint density at radius 2 is 1.92 bits per heavy atom. The van der Waals surface area contributed by atoms with Crippen molar-refractivity contribution in [2.45, 2.75) is 25.5 Å². The fourth-order valence-electron chi connectivity index (χ4n) is 2.07. The highest BCUT2D eigenvalue weighted by Crippen LogP contribution is 2.36. The monoisotopic (exact) mass is 428 g/mol. The summed E-state index contributed by atoms with van der Waals surface area (Å²) in [5, 5.41) is 1.13. The minimum atomic E-state index is -1.44. The van der Waals surface area contributed by atoms with Crippen LogP contribution in [-0.4, -0.2) is 32.7 Å². The van der Waals surface area contributed by atoms with Gasteiger partial charge in [0, 0.05) is 17.3 Å². The van der Waals surface area contributed by atoms with Gasteiger partial charge in [-0.05, 0) is 57.3 Å². The van der Waals surface area contributed by atoms with Crippen LogP contribution in [0.3, 0.4) is 0 Å². The summed E-state index contributed by atoms with van der Waals surface area (Å²) in [5.74, 6) is 0. The number of pyridine rings is 1. The number of halogens is 2. The number of rotatable bonds is 4. The lowest BCUT2D eigenvalue weighted by Crippen LogP contribution is -2.25. The molecule has 8 heteroatoms. The van der Waals surface area contributed by atoms with Crippen LogP contribution >= 0.6 is 35.4 Å². The van der Waals surface area contributed by atoms with Crippen molar-refractivity contribution in [3.63, 3.8) is 0 Å². The molecular weight excluding hydrogens is 411 g/mol. The molecule has 1 atom stereocenters. The first-order valence-electron chi connectivity index (χ1n) is 7.64. The summed E-state index contributed by atoms with van der Waals surface area (Å²) in [4.78, 5) is 4.41. The molecule has 1 aromatic carbocycles. The van der Waals surface area contributed by atoms with E-state index in [1.807, 2.05) is 20.8 Å². The van der Waals surface area contributed by atoms with Crippen LogP contribution < -0.4 is 0 Å². The van der Waals surface area contributed by atoms with E-state index in [9.17, 15) is 4.55 Å². The smallest absolute Gasteiger partial charge is 0.193 e. The Kier molecular flexibility index (Phi) is 7.05. The SMILES string of the molecule is COC(=S)c1cccnc1-c1c(Cl)ccc(Cl)c1/C=N/[S+]([O-])C(C)(C)C. The second-order valence-corrected chi connectivity index (χ2v) is 9.42. The van der Waals surface area contributed by atoms with Gasteiger partial charge in [-0.25, -0.2) is 0 Å². The molecule has 0 bridgehead atoms. The van der Waals surface area contributed by atoms with Crippen molar-refractivity contribution in [1.82, 2.24) is 4.98 Å². The van der Waals surface area contributed by atoms with Crippen LogP contribution in [0, 0.1) is 0 Å². The van der Waals surface area contributed by atoms with Crippen LogP contribution in [0.25, 0.3) is 11.3 Å². The maximum absolute atomic E-state index is 12.3. The van der Waals surface area contributed by atoms with E-state index in [4.69, 9.17) is 40.2 Å². The molecule has 0 fully saturated rings. The molecule has 138 valence electrons. The molecule has 4 nitrogen and oxygen atoms in total. The number of thiocarbonyl (C=S) groups is 1. The summed E-state index contributed by atoms with van der Waals surface area (Å²) < 4.78 is 21.1. The quantitative estimate of drug-likeness (QED) is 0.378. The van der Waals surface area contributed by atoms with Gasteiger partial charge in [-0.3, -0.25) is 4.98 Å². The Balaban J connectivity index is 2.67. The topological polar surface area (TPSA) is 57.5 Å². The molecule has 0 aliphatic carbocycles. The highest BCUT2D eigenvalue weighted by molar-refractivity contribution is 7.91. The van der Waals surface area contributed by atoms with E-state index in [0.29, 0.717) is 32.4 Å². The van der Waals surface area contributed by atoms with Crippen LogP contribution in [0.2, 0.25) is 10.0 Å². The molecule has 2 rings (SSSR count). The Bertz CT molecular complexity index is 852. The number of hydrogen-bond donors (Lipinski definition) is 0. The van der Waals surface area contributed by atoms with Crippen molar-refractivity contribution in [2.24, 2.45) is 4.40 Å². The zero-order valence-electron chi connectivity index (χ0n) is 14.7. The van der Waals surface area contributed by atoms with E-state index >= 15 is 0 Å². The van der Waals surface area contributed by atoms with Crippen molar-refractivity contribution in [3.05, 3.63) is 51.6 Å². The van der Waals surface area contributed by atoms with Gasteiger partial charge < -0.3 is 9.29 Å². The summed E-state index contributed by atoms with van der Waals surface area (Å²) in [7, 11) is 1.49. The first-order chi connectivity index (χ1) is 12.2. The molecule has 0 amide bonds. The summed E-state index contributed by atoms with van der Waals surface area (Å²) in [5.41, 5.74) is 2.22. The molecule has 0 saturated carbocycles. The lowest BCUT2D eigenvalue weighted by atomic mass is 10.0. The van der Waals surface area contributed by atoms with E-state index < -0.39 is 16.1 Å². The molecule has 0 aliphatic rings. The number of aromatic nitrogens is 1. The molecule has 0 aliphatic heterocycles. The van der Waals surface area contributed by atoms with Crippen molar-refractivity contribution in [2.75, 3.05) is 7.11 Å². The van der Waals surface area contributed by atoms with Crippen LogP contribution in [0.4, 0.5) is 0 Å². The van der Waals surface area contributed by atoms with E-state index in [-0.39, 0.29) is 5.05 Å². The molecule has 0 saturated heterocycles. The summed E-state index contributed by atoms with van der Waals surface area (Å²) in [6.07, 6.45) is 3.10. The van der Waals surface area contributed by atoms with Gasteiger partial charge in [0.1, 0.15) is 16.1 Å². The molecule has 0 radical (unpaired) electrons. The zero-order valence-corrected chi connectivity index (χ0v) is 17.9. The Morgan fingerprint density at radius 1 is 1.27 bits per heavy atom. The molecule has 2 aromatic rings. The second kappa shape index (κ2) is 8.67. The highest BCUT2D eigenvalue weighted by Gasteiger charge is 2.26. The fraction of sp³-hybridized carbons (Fsp3) is 0.278. The number of ether oxygens (including phenoxy) is 1. The zero-order chi connectivity index (χ0) is 19.5. The maximum Gasteiger partial charge on any atom is 0.193 e. The summed E-state index contributed by atoms with van der Waals surface area (Å²) >= 11 is 16.6. The second-order valence-electron chi connectivity index (χ2n) is 6.31. The molecule has 1 aromatic heterocycles. The number of hydrogen-bond acceptors (Lipinski definition) is 5.